The maximum atomic E-state index is 12.1. The Balaban J connectivity index is 2.17. The van der Waals surface area contributed by atoms with Crippen molar-refractivity contribution in [2.24, 2.45) is 0 Å². The Bertz CT molecular complexity index is 579. The third-order valence-electron chi connectivity index (χ3n) is 2.99. The van der Waals surface area contributed by atoms with Crippen molar-refractivity contribution in [2.45, 2.75) is 13.0 Å². The summed E-state index contributed by atoms with van der Waals surface area (Å²) in [6.07, 6.45) is 5.77. The number of ether oxygens (including phenoxy) is 1. The molecule has 2 rings (SSSR count). The van der Waals surface area contributed by atoms with E-state index < -0.39 is 11.5 Å². The first-order valence-corrected chi connectivity index (χ1v) is 6.32. The summed E-state index contributed by atoms with van der Waals surface area (Å²) < 4.78 is 6.48. The number of hydrogen-bond acceptors (Lipinski definition) is 5. The molecule has 0 amide bonds. The van der Waals surface area contributed by atoms with Crippen LogP contribution in [0.4, 0.5) is 5.82 Å². The van der Waals surface area contributed by atoms with E-state index >= 15 is 0 Å². The second-order valence-corrected chi connectivity index (χ2v) is 4.64. The highest BCUT2D eigenvalue weighted by Crippen LogP contribution is 2.09. The molecule has 0 unspecified atom stereocenters. The van der Waals surface area contributed by atoms with Crippen LogP contribution < -0.4 is 10.5 Å². The molecule has 1 N–H and O–H groups in total. The van der Waals surface area contributed by atoms with Gasteiger partial charge in [-0.2, -0.15) is 0 Å². The molecule has 1 aliphatic heterocycles. The Morgan fingerprint density at radius 2 is 2.40 bits per heavy atom. The minimum absolute atomic E-state index is 0.236. The lowest BCUT2D eigenvalue weighted by Crippen LogP contribution is -2.33. The van der Waals surface area contributed by atoms with Gasteiger partial charge in [-0.05, 0) is 12.0 Å². The predicted molar refractivity (Wildman–Crippen MR) is 72.9 cm³/mol. The average Bonchev–Trinajstić information content (AvgIpc) is 2.41. The molecule has 0 atom stereocenters. The van der Waals surface area contributed by atoms with Crippen LogP contribution in [0.5, 0.6) is 0 Å². The lowest BCUT2D eigenvalue weighted by molar-refractivity contribution is -0.137. The summed E-state index contributed by atoms with van der Waals surface area (Å²) in [5.41, 5.74) is 0.684. The summed E-state index contributed by atoms with van der Waals surface area (Å²) in [4.78, 5) is 28.6. The van der Waals surface area contributed by atoms with E-state index in [4.69, 9.17) is 9.84 Å². The number of hydrogen-bond donors (Lipinski definition) is 1. The molecular weight excluding hydrogens is 262 g/mol. The number of anilines is 1. The molecule has 0 bridgehead atoms. The van der Waals surface area contributed by atoms with Gasteiger partial charge in [-0.15, -0.1) is 0 Å². The number of carbonyl (C=O) groups is 1. The van der Waals surface area contributed by atoms with Gasteiger partial charge in [-0.25, -0.2) is 4.98 Å². The minimum Gasteiger partial charge on any atom is -0.480 e. The summed E-state index contributed by atoms with van der Waals surface area (Å²) >= 11 is 0. The van der Waals surface area contributed by atoms with Crippen LogP contribution >= 0.6 is 0 Å². The quantitative estimate of drug-likeness (QED) is 0.770. The lowest BCUT2D eigenvalue weighted by Gasteiger charge is -2.22. The van der Waals surface area contributed by atoms with Crippen LogP contribution in [0.15, 0.2) is 28.8 Å². The molecule has 0 fully saturated rings. The standard InChI is InChI=1S/C13H17N3O4/c1-15(7-10-3-2-6-20-9-10)12-13(19)16(5-4-14-12)8-11(17)18/h3-5H,2,6-9H2,1H3,(H,17,18). The van der Waals surface area contributed by atoms with Crippen molar-refractivity contribution in [2.75, 3.05) is 31.7 Å². The highest BCUT2D eigenvalue weighted by molar-refractivity contribution is 5.66. The Labute approximate surface area is 116 Å². The van der Waals surface area contributed by atoms with Gasteiger partial charge in [0.25, 0.3) is 5.56 Å². The number of nitrogens with zero attached hydrogens (tertiary/aromatic N) is 3. The van der Waals surface area contributed by atoms with Crippen molar-refractivity contribution in [3.05, 3.63) is 34.4 Å². The first-order chi connectivity index (χ1) is 9.58. The summed E-state index contributed by atoms with van der Waals surface area (Å²) in [5.74, 6) is -0.824. The summed E-state index contributed by atoms with van der Waals surface area (Å²) in [6.45, 7) is 1.45. The third kappa shape index (κ3) is 3.45. The zero-order chi connectivity index (χ0) is 14.5. The van der Waals surface area contributed by atoms with Crippen LogP contribution in [0.2, 0.25) is 0 Å². The molecule has 7 nitrogen and oxygen atoms in total. The molecule has 2 heterocycles. The van der Waals surface area contributed by atoms with E-state index in [1.807, 2.05) is 0 Å². The van der Waals surface area contributed by atoms with Crippen LogP contribution in [0, 0.1) is 0 Å². The summed E-state index contributed by atoms with van der Waals surface area (Å²) in [6, 6.07) is 0. The minimum atomic E-state index is -1.06. The lowest BCUT2D eigenvalue weighted by atomic mass is 10.2. The maximum Gasteiger partial charge on any atom is 0.323 e. The number of carboxylic acids is 1. The maximum absolute atomic E-state index is 12.1. The Hall–Kier alpha value is -2.15. The molecule has 1 aromatic heterocycles. The molecule has 1 aliphatic rings. The van der Waals surface area contributed by atoms with Crippen LogP contribution in [-0.4, -0.2) is 47.4 Å². The molecule has 0 radical (unpaired) electrons. The Kier molecular flexibility index (Phi) is 4.52. The molecule has 0 spiro atoms. The molecule has 20 heavy (non-hydrogen) atoms. The fourth-order valence-corrected chi connectivity index (χ4v) is 2.07. The monoisotopic (exact) mass is 279 g/mol. The van der Waals surface area contributed by atoms with E-state index in [9.17, 15) is 9.59 Å². The van der Waals surface area contributed by atoms with Crippen LogP contribution in [-0.2, 0) is 16.1 Å². The van der Waals surface area contributed by atoms with Crippen molar-refractivity contribution in [3.8, 4) is 0 Å². The van der Waals surface area contributed by atoms with Crippen molar-refractivity contribution < 1.29 is 14.6 Å². The molecular formula is C13H17N3O4. The molecule has 0 aliphatic carbocycles. The number of carboxylic acid groups (broad SMARTS) is 1. The van der Waals surface area contributed by atoms with E-state index in [1.54, 1.807) is 11.9 Å². The number of rotatable bonds is 5. The van der Waals surface area contributed by atoms with E-state index in [-0.39, 0.29) is 12.4 Å². The highest BCUT2D eigenvalue weighted by Gasteiger charge is 2.14. The molecule has 0 saturated carbocycles. The van der Waals surface area contributed by atoms with Gasteiger partial charge in [-0.3, -0.25) is 14.2 Å². The fourth-order valence-electron chi connectivity index (χ4n) is 2.07. The topological polar surface area (TPSA) is 84.7 Å². The van der Waals surface area contributed by atoms with Gasteiger partial charge in [0, 0.05) is 26.0 Å². The molecule has 7 heteroatoms. The normalized spacial score (nSPS) is 14.8. The van der Waals surface area contributed by atoms with Crippen molar-refractivity contribution in [1.29, 1.82) is 0 Å². The van der Waals surface area contributed by atoms with E-state index in [2.05, 4.69) is 11.1 Å². The average molecular weight is 279 g/mol. The van der Waals surface area contributed by atoms with Crippen molar-refractivity contribution in [1.82, 2.24) is 9.55 Å². The molecule has 1 aromatic rings. The Morgan fingerprint density at radius 3 is 3.05 bits per heavy atom. The van der Waals surface area contributed by atoms with Crippen molar-refractivity contribution in [3.63, 3.8) is 0 Å². The first kappa shape index (κ1) is 14.3. The van der Waals surface area contributed by atoms with Gasteiger partial charge in [0.05, 0.1) is 13.2 Å². The van der Waals surface area contributed by atoms with Gasteiger partial charge in [0.1, 0.15) is 6.54 Å². The van der Waals surface area contributed by atoms with Crippen LogP contribution in [0.1, 0.15) is 6.42 Å². The van der Waals surface area contributed by atoms with E-state index in [0.717, 1.165) is 23.2 Å². The van der Waals surface area contributed by atoms with Crippen LogP contribution in [0.3, 0.4) is 0 Å². The third-order valence-corrected chi connectivity index (χ3v) is 2.99. The number of aliphatic carboxylic acids is 1. The summed E-state index contributed by atoms with van der Waals surface area (Å²) in [7, 11) is 1.75. The van der Waals surface area contributed by atoms with E-state index in [0.29, 0.717) is 13.2 Å². The van der Waals surface area contributed by atoms with Gasteiger partial charge in [-0.1, -0.05) is 6.08 Å². The second-order valence-electron chi connectivity index (χ2n) is 4.64. The smallest absolute Gasteiger partial charge is 0.323 e. The highest BCUT2D eigenvalue weighted by atomic mass is 16.5. The summed E-state index contributed by atoms with van der Waals surface area (Å²) in [5, 5.41) is 8.76. The largest absolute Gasteiger partial charge is 0.480 e. The van der Waals surface area contributed by atoms with Crippen molar-refractivity contribution >= 4 is 11.8 Å². The van der Waals surface area contributed by atoms with Gasteiger partial charge in [0.15, 0.2) is 5.82 Å². The second kappa shape index (κ2) is 6.33. The van der Waals surface area contributed by atoms with Gasteiger partial charge in [0.2, 0.25) is 0 Å². The number of aromatic nitrogens is 2. The first-order valence-electron chi connectivity index (χ1n) is 6.32. The van der Waals surface area contributed by atoms with Crippen LogP contribution in [0.25, 0.3) is 0 Å². The molecule has 0 aromatic carbocycles. The zero-order valence-corrected chi connectivity index (χ0v) is 11.3. The Morgan fingerprint density at radius 1 is 1.60 bits per heavy atom. The zero-order valence-electron chi connectivity index (χ0n) is 11.3. The van der Waals surface area contributed by atoms with E-state index in [1.165, 1.54) is 12.4 Å². The number of likely N-dealkylation sites (N-methyl/N-ethyl adjacent to an activating group) is 1. The predicted octanol–water partition coefficient (Wildman–Crippen LogP) is 0.111. The molecule has 0 saturated heterocycles. The SMILES string of the molecule is CN(CC1=CCCOC1)c1nccn(CC(=O)O)c1=O. The molecule has 108 valence electrons. The fraction of sp³-hybridized carbons (Fsp3) is 0.462. The van der Waals surface area contributed by atoms with Gasteiger partial charge < -0.3 is 14.7 Å². The van der Waals surface area contributed by atoms with Gasteiger partial charge >= 0.3 is 5.97 Å².